The minimum Gasteiger partial charge on any atom is -0.289 e. The standard InChI is InChI=1S/C9H15N3O3S2/c1-5(2)17(14,15)4-7-11-6(3)8(16-7)9(13)12-10/h5H,4,10H2,1-3H3,(H,12,13). The van der Waals surface area contributed by atoms with Gasteiger partial charge in [-0.25, -0.2) is 19.2 Å². The van der Waals surface area contributed by atoms with Crippen LogP contribution in [0.3, 0.4) is 0 Å². The van der Waals surface area contributed by atoms with Crippen LogP contribution in [0.4, 0.5) is 0 Å². The number of nitrogens with zero attached hydrogens (tertiary/aromatic N) is 1. The lowest BCUT2D eigenvalue weighted by atomic mass is 10.4. The maximum Gasteiger partial charge on any atom is 0.277 e. The molecule has 17 heavy (non-hydrogen) atoms. The lowest BCUT2D eigenvalue weighted by Gasteiger charge is -2.04. The molecule has 0 aromatic carbocycles. The van der Waals surface area contributed by atoms with Crippen molar-refractivity contribution in [3.05, 3.63) is 15.6 Å². The van der Waals surface area contributed by atoms with E-state index in [2.05, 4.69) is 4.98 Å². The zero-order valence-electron chi connectivity index (χ0n) is 9.85. The average molecular weight is 277 g/mol. The van der Waals surface area contributed by atoms with Gasteiger partial charge in [-0.15, -0.1) is 11.3 Å². The molecule has 1 rings (SSSR count). The summed E-state index contributed by atoms with van der Waals surface area (Å²) in [5.41, 5.74) is 2.50. The fraction of sp³-hybridized carbons (Fsp3) is 0.556. The van der Waals surface area contributed by atoms with Gasteiger partial charge in [0.2, 0.25) is 0 Å². The number of nitrogens with one attached hydrogen (secondary N) is 1. The second-order valence-electron chi connectivity index (χ2n) is 3.85. The maximum absolute atomic E-state index is 11.7. The normalized spacial score (nSPS) is 11.8. The van der Waals surface area contributed by atoms with E-state index in [4.69, 9.17) is 5.84 Å². The second-order valence-corrected chi connectivity index (χ2v) is 7.49. The fourth-order valence-corrected chi connectivity index (χ4v) is 3.36. The first kappa shape index (κ1) is 14.1. The molecule has 1 heterocycles. The molecule has 0 aliphatic carbocycles. The molecule has 0 spiro atoms. The van der Waals surface area contributed by atoms with E-state index in [1.165, 1.54) is 0 Å². The number of hydrogen-bond donors (Lipinski definition) is 2. The summed E-state index contributed by atoms with van der Waals surface area (Å²) in [5, 5.41) is -0.0479. The molecule has 0 unspecified atom stereocenters. The summed E-state index contributed by atoms with van der Waals surface area (Å²) in [6, 6.07) is 0. The molecule has 96 valence electrons. The number of hydrazine groups is 1. The predicted octanol–water partition coefficient (Wildman–Crippen LogP) is 0.378. The number of hydrogen-bond acceptors (Lipinski definition) is 6. The van der Waals surface area contributed by atoms with Gasteiger partial charge >= 0.3 is 0 Å². The average Bonchev–Trinajstić information content (AvgIpc) is 2.57. The van der Waals surface area contributed by atoms with Gasteiger partial charge in [0.25, 0.3) is 5.91 Å². The van der Waals surface area contributed by atoms with E-state index < -0.39 is 21.0 Å². The third-order valence-electron chi connectivity index (χ3n) is 2.22. The third kappa shape index (κ3) is 3.24. The third-order valence-corrected chi connectivity index (χ3v) is 5.67. The summed E-state index contributed by atoms with van der Waals surface area (Å²) in [5.74, 6) is 4.42. The Hall–Kier alpha value is -0.990. The molecule has 1 aromatic heterocycles. The Balaban J connectivity index is 3.00. The first-order valence-corrected chi connectivity index (χ1v) is 7.50. The molecule has 0 atom stereocenters. The van der Waals surface area contributed by atoms with Crippen LogP contribution in [0, 0.1) is 6.92 Å². The number of nitrogens with two attached hydrogens (primary N) is 1. The van der Waals surface area contributed by atoms with Crippen molar-refractivity contribution in [2.45, 2.75) is 31.8 Å². The highest BCUT2D eigenvalue weighted by Gasteiger charge is 2.21. The van der Waals surface area contributed by atoms with Crippen LogP contribution >= 0.6 is 11.3 Å². The predicted molar refractivity (Wildman–Crippen MR) is 66.3 cm³/mol. The molecule has 0 aliphatic rings. The number of aryl methyl sites for hydroxylation is 1. The van der Waals surface area contributed by atoms with Crippen molar-refractivity contribution in [2.24, 2.45) is 5.84 Å². The minimum absolute atomic E-state index is 0.145. The van der Waals surface area contributed by atoms with Gasteiger partial charge in [-0.1, -0.05) is 0 Å². The van der Waals surface area contributed by atoms with Crippen molar-refractivity contribution in [1.29, 1.82) is 0 Å². The number of carbonyl (C=O) groups excluding carboxylic acids is 1. The molecule has 6 nitrogen and oxygen atoms in total. The number of nitrogen functional groups attached to an aromatic ring is 1. The van der Waals surface area contributed by atoms with Crippen molar-refractivity contribution >= 4 is 27.1 Å². The molecule has 0 fully saturated rings. The van der Waals surface area contributed by atoms with E-state index in [-0.39, 0.29) is 5.75 Å². The molecule has 8 heteroatoms. The quantitative estimate of drug-likeness (QED) is 0.470. The maximum atomic E-state index is 11.7. The van der Waals surface area contributed by atoms with Crippen LogP contribution in [0.15, 0.2) is 0 Å². The van der Waals surface area contributed by atoms with Crippen molar-refractivity contribution in [3.63, 3.8) is 0 Å². The first-order chi connectivity index (χ1) is 7.77. The summed E-state index contributed by atoms with van der Waals surface area (Å²) in [6.45, 7) is 4.87. The summed E-state index contributed by atoms with van der Waals surface area (Å²) >= 11 is 1.05. The zero-order chi connectivity index (χ0) is 13.2. The van der Waals surface area contributed by atoms with Crippen LogP contribution in [0.1, 0.15) is 34.2 Å². The number of sulfone groups is 1. The topological polar surface area (TPSA) is 102 Å². The lowest BCUT2D eigenvalue weighted by Crippen LogP contribution is -2.29. The number of amides is 1. The van der Waals surface area contributed by atoms with Crippen LogP contribution in [0.25, 0.3) is 0 Å². The molecule has 1 aromatic rings. The Morgan fingerprint density at radius 3 is 2.59 bits per heavy atom. The number of rotatable bonds is 4. The van der Waals surface area contributed by atoms with Crippen molar-refractivity contribution < 1.29 is 13.2 Å². The highest BCUT2D eigenvalue weighted by Crippen LogP contribution is 2.21. The van der Waals surface area contributed by atoms with Crippen LogP contribution < -0.4 is 11.3 Å². The van der Waals surface area contributed by atoms with E-state index >= 15 is 0 Å². The van der Waals surface area contributed by atoms with E-state index in [0.29, 0.717) is 15.6 Å². The molecule has 0 radical (unpaired) electrons. The van der Waals surface area contributed by atoms with Crippen LogP contribution in [0.2, 0.25) is 0 Å². The highest BCUT2D eigenvalue weighted by molar-refractivity contribution is 7.91. The van der Waals surface area contributed by atoms with Gasteiger partial charge in [-0.05, 0) is 20.8 Å². The van der Waals surface area contributed by atoms with E-state index in [1.54, 1.807) is 20.8 Å². The molecule has 1 amide bonds. The molecular formula is C9H15N3O3S2. The van der Waals surface area contributed by atoms with Crippen LogP contribution in [-0.4, -0.2) is 24.6 Å². The Kier molecular flexibility index (Phi) is 4.23. The monoisotopic (exact) mass is 277 g/mol. The van der Waals surface area contributed by atoms with Gasteiger partial charge in [0.15, 0.2) is 9.84 Å². The number of aromatic nitrogens is 1. The van der Waals surface area contributed by atoms with Gasteiger partial charge in [0.1, 0.15) is 15.6 Å². The Labute approximate surface area is 104 Å². The van der Waals surface area contributed by atoms with Crippen molar-refractivity contribution in [3.8, 4) is 0 Å². The molecule has 0 saturated heterocycles. The van der Waals surface area contributed by atoms with E-state index in [0.717, 1.165) is 11.3 Å². The molecule has 0 bridgehead atoms. The molecule has 0 aliphatic heterocycles. The largest absolute Gasteiger partial charge is 0.289 e. The van der Waals surface area contributed by atoms with Crippen molar-refractivity contribution in [2.75, 3.05) is 0 Å². The van der Waals surface area contributed by atoms with E-state index in [1.807, 2.05) is 5.43 Å². The summed E-state index contributed by atoms with van der Waals surface area (Å²) in [4.78, 5) is 15.8. The molecule has 3 N–H and O–H groups in total. The summed E-state index contributed by atoms with van der Waals surface area (Å²) < 4.78 is 23.4. The van der Waals surface area contributed by atoms with Gasteiger partial charge in [-0.3, -0.25) is 10.2 Å². The Morgan fingerprint density at radius 2 is 2.12 bits per heavy atom. The Morgan fingerprint density at radius 1 is 1.53 bits per heavy atom. The highest BCUT2D eigenvalue weighted by atomic mass is 32.2. The number of carbonyl (C=O) groups is 1. The minimum atomic E-state index is -3.20. The Bertz CT molecular complexity index is 520. The second kappa shape index (κ2) is 5.11. The molecular weight excluding hydrogens is 262 g/mol. The summed E-state index contributed by atoms with van der Waals surface area (Å²) in [7, 11) is -3.20. The SMILES string of the molecule is Cc1nc(CS(=O)(=O)C(C)C)sc1C(=O)NN. The van der Waals surface area contributed by atoms with Crippen molar-refractivity contribution in [1.82, 2.24) is 10.4 Å². The molecule has 0 saturated carbocycles. The summed E-state index contributed by atoms with van der Waals surface area (Å²) in [6.07, 6.45) is 0. The van der Waals surface area contributed by atoms with Gasteiger partial charge < -0.3 is 0 Å². The van der Waals surface area contributed by atoms with E-state index in [9.17, 15) is 13.2 Å². The number of thiazole rings is 1. The smallest absolute Gasteiger partial charge is 0.277 e. The fourth-order valence-electron chi connectivity index (χ4n) is 1.13. The van der Waals surface area contributed by atoms with Crippen LogP contribution in [-0.2, 0) is 15.6 Å². The lowest BCUT2D eigenvalue weighted by molar-refractivity contribution is 0.0957. The van der Waals surface area contributed by atoms with Gasteiger partial charge in [0, 0.05) is 0 Å². The van der Waals surface area contributed by atoms with Gasteiger partial charge in [-0.2, -0.15) is 0 Å². The first-order valence-electron chi connectivity index (χ1n) is 4.96. The van der Waals surface area contributed by atoms with Gasteiger partial charge in [0.05, 0.1) is 10.9 Å². The van der Waals surface area contributed by atoms with Crippen LogP contribution in [0.5, 0.6) is 0 Å². The zero-order valence-corrected chi connectivity index (χ0v) is 11.5.